The van der Waals surface area contributed by atoms with Crippen molar-refractivity contribution in [1.82, 2.24) is 4.90 Å². The number of methoxy groups -OCH3 is 2. The first-order valence-electron chi connectivity index (χ1n) is 10.9. The molecule has 0 atom stereocenters. The minimum absolute atomic E-state index is 0.130. The van der Waals surface area contributed by atoms with E-state index < -0.39 is 5.54 Å². The zero-order valence-electron chi connectivity index (χ0n) is 19.8. The Morgan fingerprint density at radius 1 is 0.912 bits per heavy atom. The first kappa shape index (κ1) is 24.8. The van der Waals surface area contributed by atoms with E-state index in [0.29, 0.717) is 22.7 Å². The predicted octanol–water partition coefficient (Wildman–Crippen LogP) is 4.83. The molecule has 0 aliphatic carbocycles. The molecule has 6 nitrogen and oxygen atoms in total. The van der Waals surface area contributed by atoms with Crippen LogP contribution in [0, 0.1) is 5.82 Å². The lowest BCUT2D eigenvalue weighted by Crippen LogP contribution is -2.55. The Morgan fingerprint density at radius 2 is 1.59 bits per heavy atom. The molecule has 0 aliphatic rings. The second kappa shape index (κ2) is 10.8. The highest BCUT2D eigenvalue weighted by Crippen LogP contribution is 2.31. The molecule has 0 spiro atoms. The highest BCUT2D eigenvalue weighted by molar-refractivity contribution is 6.01. The van der Waals surface area contributed by atoms with Crippen molar-refractivity contribution in [2.45, 2.75) is 32.4 Å². The molecule has 0 radical (unpaired) electrons. The maximum atomic E-state index is 13.4. The van der Waals surface area contributed by atoms with Gasteiger partial charge in [-0.1, -0.05) is 42.5 Å². The molecule has 0 unspecified atom stereocenters. The van der Waals surface area contributed by atoms with Gasteiger partial charge in [0.05, 0.1) is 26.3 Å². The minimum Gasteiger partial charge on any atom is -0.497 e. The molecule has 178 valence electrons. The normalized spacial score (nSPS) is 11.0. The molecule has 0 bridgehead atoms. The number of halogens is 1. The maximum Gasteiger partial charge on any atom is 0.249 e. The van der Waals surface area contributed by atoms with Crippen molar-refractivity contribution in [3.63, 3.8) is 0 Å². The smallest absolute Gasteiger partial charge is 0.249 e. The summed E-state index contributed by atoms with van der Waals surface area (Å²) < 4.78 is 24.0. The van der Waals surface area contributed by atoms with E-state index in [9.17, 15) is 14.0 Å². The highest BCUT2D eigenvalue weighted by Gasteiger charge is 2.38. The summed E-state index contributed by atoms with van der Waals surface area (Å²) in [6.45, 7) is 3.52. The number of rotatable bonds is 9. The zero-order valence-corrected chi connectivity index (χ0v) is 19.8. The third-order valence-electron chi connectivity index (χ3n) is 5.64. The van der Waals surface area contributed by atoms with Crippen LogP contribution in [0.2, 0.25) is 0 Å². The molecule has 34 heavy (non-hydrogen) atoms. The van der Waals surface area contributed by atoms with Crippen LogP contribution in [0.1, 0.15) is 25.0 Å². The third kappa shape index (κ3) is 5.92. The average molecular weight is 465 g/mol. The van der Waals surface area contributed by atoms with E-state index in [1.165, 1.54) is 24.1 Å². The van der Waals surface area contributed by atoms with Gasteiger partial charge >= 0.3 is 0 Å². The monoisotopic (exact) mass is 464 g/mol. The standard InChI is InChI=1S/C27H29FN2O4/c1-27(2,26(32)29-23-15-14-22(33-3)17-24(23)34-4)30(18-20-10-12-21(28)13-11-20)25(31)16-19-8-6-5-7-9-19/h5-15,17H,16,18H2,1-4H3,(H,29,32). The molecule has 3 rings (SSSR count). The summed E-state index contributed by atoms with van der Waals surface area (Å²) >= 11 is 0. The number of hydrogen-bond acceptors (Lipinski definition) is 4. The number of benzene rings is 3. The fraction of sp³-hybridized carbons (Fsp3) is 0.259. The number of nitrogens with zero attached hydrogens (tertiary/aromatic N) is 1. The van der Waals surface area contributed by atoms with Crippen molar-refractivity contribution in [2.24, 2.45) is 0 Å². The lowest BCUT2D eigenvalue weighted by molar-refractivity contribution is -0.144. The van der Waals surface area contributed by atoms with Crippen LogP contribution in [0.25, 0.3) is 0 Å². The molecule has 3 aromatic rings. The Labute approximate surface area is 199 Å². The van der Waals surface area contributed by atoms with Gasteiger partial charge in [0.2, 0.25) is 11.8 Å². The molecule has 0 aromatic heterocycles. The van der Waals surface area contributed by atoms with Crippen LogP contribution in [-0.2, 0) is 22.6 Å². The number of ether oxygens (including phenoxy) is 2. The van der Waals surface area contributed by atoms with Crippen molar-refractivity contribution in [3.8, 4) is 11.5 Å². The maximum absolute atomic E-state index is 13.4. The van der Waals surface area contributed by atoms with Gasteiger partial charge in [0.15, 0.2) is 0 Å². The van der Waals surface area contributed by atoms with Crippen LogP contribution in [0.5, 0.6) is 11.5 Å². The summed E-state index contributed by atoms with van der Waals surface area (Å²) in [6.07, 6.45) is 0.130. The molecular weight excluding hydrogens is 435 g/mol. The van der Waals surface area contributed by atoms with Crippen molar-refractivity contribution in [3.05, 3.63) is 89.7 Å². The van der Waals surface area contributed by atoms with Gasteiger partial charge in [0.1, 0.15) is 22.9 Å². The van der Waals surface area contributed by atoms with Gasteiger partial charge in [-0.3, -0.25) is 9.59 Å². The largest absolute Gasteiger partial charge is 0.497 e. The summed E-state index contributed by atoms with van der Waals surface area (Å²) in [5.41, 5.74) is 0.777. The molecule has 2 amide bonds. The van der Waals surface area contributed by atoms with E-state index in [1.807, 2.05) is 30.3 Å². The van der Waals surface area contributed by atoms with Gasteiger partial charge in [-0.05, 0) is 49.2 Å². The lowest BCUT2D eigenvalue weighted by atomic mass is 9.98. The van der Waals surface area contributed by atoms with E-state index in [4.69, 9.17) is 9.47 Å². The molecular formula is C27H29FN2O4. The van der Waals surface area contributed by atoms with Crippen molar-refractivity contribution >= 4 is 17.5 Å². The lowest BCUT2D eigenvalue weighted by Gasteiger charge is -2.37. The molecule has 7 heteroatoms. The SMILES string of the molecule is COc1ccc(NC(=O)C(C)(C)N(Cc2ccc(F)cc2)C(=O)Cc2ccccc2)c(OC)c1. The van der Waals surface area contributed by atoms with Crippen LogP contribution >= 0.6 is 0 Å². The first-order chi connectivity index (χ1) is 16.2. The van der Waals surface area contributed by atoms with Crippen LogP contribution in [-0.4, -0.2) is 36.5 Å². The summed E-state index contributed by atoms with van der Waals surface area (Å²) in [4.78, 5) is 28.4. The van der Waals surface area contributed by atoms with Crippen molar-refractivity contribution in [1.29, 1.82) is 0 Å². The number of anilines is 1. The number of amides is 2. The summed E-state index contributed by atoms with van der Waals surface area (Å²) in [5.74, 6) is 0.0423. The molecule has 0 aliphatic heterocycles. The summed E-state index contributed by atoms with van der Waals surface area (Å²) in [5, 5.41) is 2.87. The summed E-state index contributed by atoms with van der Waals surface area (Å²) in [6, 6.07) is 20.3. The quantitative estimate of drug-likeness (QED) is 0.493. The second-order valence-corrected chi connectivity index (χ2v) is 8.35. The van der Waals surface area contributed by atoms with E-state index in [2.05, 4.69) is 5.32 Å². The van der Waals surface area contributed by atoms with E-state index in [-0.39, 0.29) is 30.6 Å². The minimum atomic E-state index is -1.23. The molecule has 0 fully saturated rings. The topological polar surface area (TPSA) is 67.9 Å². The molecule has 0 saturated heterocycles. The number of carbonyl (C=O) groups excluding carboxylic acids is 2. The van der Waals surface area contributed by atoms with Crippen LogP contribution in [0.3, 0.4) is 0 Å². The van der Waals surface area contributed by atoms with Gasteiger partial charge in [-0.2, -0.15) is 0 Å². The average Bonchev–Trinajstić information content (AvgIpc) is 2.84. The van der Waals surface area contributed by atoms with Crippen LogP contribution < -0.4 is 14.8 Å². The highest BCUT2D eigenvalue weighted by atomic mass is 19.1. The Kier molecular flexibility index (Phi) is 7.89. The van der Waals surface area contributed by atoms with Crippen LogP contribution in [0.4, 0.5) is 10.1 Å². The number of nitrogens with one attached hydrogen (secondary N) is 1. The van der Waals surface area contributed by atoms with Gasteiger partial charge in [0, 0.05) is 12.6 Å². The fourth-order valence-corrected chi connectivity index (χ4v) is 3.54. The summed E-state index contributed by atoms with van der Waals surface area (Å²) in [7, 11) is 3.04. The Balaban J connectivity index is 1.89. The molecule has 0 heterocycles. The predicted molar refractivity (Wildman–Crippen MR) is 129 cm³/mol. The molecule has 3 aromatic carbocycles. The second-order valence-electron chi connectivity index (χ2n) is 8.35. The Hall–Kier alpha value is -3.87. The third-order valence-corrected chi connectivity index (χ3v) is 5.64. The number of carbonyl (C=O) groups is 2. The fourth-order valence-electron chi connectivity index (χ4n) is 3.54. The van der Waals surface area contributed by atoms with Crippen LogP contribution in [0.15, 0.2) is 72.8 Å². The van der Waals surface area contributed by atoms with E-state index in [1.54, 1.807) is 51.3 Å². The van der Waals surface area contributed by atoms with Gasteiger partial charge in [-0.15, -0.1) is 0 Å². The van der Waals surface area contributed by atoms with Gasteiger partial charge < -0.3 is 19.7 Å². The van der Waals surface area contributed by atoms with Crippen molar-refractivity contribution in [2.75, 3.05) is 19.5 Å². The first-order valence-corrected chi connectivity index (χ1v) is 10.9. The molecule has 0 saturated carbocycles. The molecule has 1 N–H and O–H groups in total. The van der Waals surface area contributed by atoms with E-state index in [0.717, 1.165) is 5.56 Å². The zero-order chi connectivity index (χ0) is 24.7. The van der Waals surface area contributed by atoms with Gasteiger partial charge in [0.25, 0.3) is 0 Å². The Bertz CT molecular complexity index is 1130. The van der Waals surface area contributed by atoms with Gasteiger partial charge in [-0.25, -0.2) is 4.39 Å². The van der Waals surface area contributed by atoms with E-state index >= 15 is 0 Å². The Morgan fingerprint density at radius 3 is 2.21 bits per heavy atom. The number of hydrogen-bond donors (Lipinski definition) is 1. The van der Waals surface area contributed by atoms with Crippen molar-refractivity contribution < 1.29 is 23.5 Å².